The number of nitrogens with zero attached hydrogens (tertiary/aromatic N) is 3. The summed E-state index contributed by atoms with van der Waals surface area (Å²) < 4.78 is 11.6. The Morgan fingerprint density at radius 1 is 0.920 bits per heavy atom. The lowest BCUT2D eigenvalue weighted by atomic mass is 9.91. The molecule has 1 amide bonds. The molecule has 4 heterocycles. The second-order valence-corrected chi connectivity index (χ2v) is 8.09. The van der Waals surface area contributed by atoms with E-state index in [2.05, 4.69) is 9.80 Å². The summed E-state index contributed by atoms with van der Waals surface area (Å²) in [4.78, 5) is 19.8. The molecule has 0 aromatic rings. The minimum Gasteiger partial charge on any atom is -0.378 e. The highest BCUT2D eigenvalue weighted by Gasteiger charge is 2.43. The molecular weight excluding hydrogens is 318 g/mol. The first-order chi connectivity index (χ1) is 12.3. The molecule has 4 aliphatic heterocycles. The zero-order valence-corrected chi connectivity index (χ0v) is 15.4. The lowest BCUT2D eigenvalue weighted by Gasteiger charge is -2.36. The predicted molar refractivity (Wildman–Crippen MR) is 95.5 cm³/mol. The number of piperidine rings is 2. The Hall–Kier alpha value is -0.690. The number of carbonyl (C=O) groups is 1. The number of carbonyl (C=O) groups excluding carboxylic acids is 1. The summed E-state index contributed by atoms with van der Waals surface area (Å²) in [5.74, 6) is 0.763. The van der Waals surface area contributed by atoms with Gasteiger partial charge in [0.15, 0.2) is 0 Å². The van der Waals surface area contributed by atoms with Gasteiger partial charge in [0.05, 0.1) is 19.3 Å². The molecule has 4 fully saturated rings. The predicted octanol–water partition coefficient (Wildman–Crippen LogP) is 0.811. The summed E-state index contributed by atoms with van der Waals surface area (Å²) >= 11 is 0. The molecule has 0 unspecified atom stereocenters. The van der Waals surface area contributed by atoms with Crippen LogP contribution in [-0.2, 0) is 14.3 Å². The van der Waals surface area contributed by atoms with Gasteiger partial charge in [-0.25, -0.2) is 0 Å². The summed E-state index contributed by atoms with van der Waals surface area (Å²) in [5, 5.41) is 0. The lowest BCUT2D eigenvalue weighted by Crippen LogP contribution is -2.47. The van der Waals surface area contributed by atoms with E-state index in [0.29, 0.717) is 19.1 Å². The van der Waals surface area contributed by atoms with E-state index in [1.165, 1.54) is 45.3 Å². The number of rotatable bonds is 4. The van der Waals surface area contributed by atoms with Crippen LogP contribution >= 0.6 is 0 Å². The fourth-order valence-electron chi connectivity index (χ4n) is 4.81. The molecule has 0 saturated carbocycles. The van der Waals surface area contributed by atoms with Crippen molar-refractivity contribution in [2.75, 3.05) is 65.6 Å². The highest BCUT2D eigenvalue weighted by molar-refractivity contribution is 5.81. The Morgan fingerprint density at radius 2 is 1.68 bits per heavy atom. The fourth-order valence-corrected chi connectivity index (χ4v) is 4.81. The molecular formula is C19H33N3O3. The molecule has 3 atom stereocenters. The van der Waals surface area contributed by atoms with Crippen LogP contribution in [-0.4, -0.2) is 98.4 Å². The first-order valence-corrected chi connectivity index (χ1v) is 10.3. The molecule has 0 spiro atoms. The van der Waals surface area contributed by atoms with E-state index in [9.17, 15) is 4.79 Å². The summed E-state index contributed by atoms with van der Waals surface area (Å²) in [5.41, 5.74) is 0. The van der Waals surface area contributed by atoms with Gasteiger partial charge in [-0.05, 0) is 51.2 Å². The number of fused-ring (bicyclic) bond motifs is 1. The van der Waals surface area contributed by atoms with Crippen LogP contribution in [0.15, 0.2) is 0 Å². The minimum absolute atomic E-state index is 0.192. The van der Waals surface area contributed by atoms with E-state index in [0.717, 1.165) is 39.1 Å². The van der Waals surface area contributed by atoms with Gasteiger partial charge >= 0.3 is 0 Å². The Balaban J connectivity index is 1.23. The molecule has 0 aliphatic carbocycles. The molecule has 0 N–H and O–H groups in total. The number of amides is 1. The van der Waals surface area contributed by atoms with E-state index in [1.54, 1.807) is 0 Å². The maximum Gasteiger partial charge on any atom is 0.251 e. The van der Waals surface area contributed by atoms with Crippen LogP contribution in [0.25, 0.3) is 0 Å². The first kappa shape index (κ1) is 17.7. The molecule has 6 heteroatoms. The topological polar surface area (TPSA) is 45.2 Å². The van der Waals surface area contributed by atoms with Crippen LogP contribution in [0.2, 0.25) is 0 Å². The van der Waals surface area contributed by atoms with Crippen molar-refractivity contribution in [1.29, 1.82) is 0 Å². The zero-order chi connectivity index (χ0) is 17.1. The van der Waals surface area contributed by atoms with E-state index in [4.69, 9.17) is 9.47 Å². The van der Waals surface area contributed by atoms with E-state index in [1.807, 2.05) is 4.90 Å². The highest BCUT2D eigenvalue weighted by atomic mass is 16.5. The molecule has 25 heavy (non-hydrogen) atoms. The van der Waals surface area contributed by atoms with Gasteiger partial charge in [-0.3, -0.25) is 9.69 Å². The van der Waals surface area contributed by atoms with Crippen molar-refractivity contribution in [3.63, 3.8) is 0 Å². The molecule has 0 radical (unpaired) electrons. The third-order valence-corrected chi connectivity index (χ3v) is 6.42. The van der Waals surface area contributed by atoms with Crippen molar-refractivity contribution >= 4 is 5.91 Å². The highest BCUT2D eigenvalue weighted by Crippen LogP contribution is 2.34. The molecule has 4 aliphatic rings. The number of hydrogen-bond acceptors (Lipinski definition) is 5. The summed E-state index contributed by atoms with van der Waals surface area (Å²) in [7, 11) is 0. The van der Waals surface area contributed by atoms with Gasteiger partial charge in [-0.1, -0.05) is 6.42 Å². The molecule has 142 valence electrons. The Kier molecular flexibility index (Phi) is 5.90. The molecule has 4 rings (SSSR count). The van der Waals surface area contributed by atoms with E-state index in [-0.39, 0.29) is 18.1 Å². The van der Waals surface area contributed by atoms with Crippen LogP contribution in [0.1, 0.15) is 32.1 Å². The number of ether oxygens (including phenoxy) is 2. The maximum absolute atomic E-state index is 12.7. The van der Waals surface area contributed by atoms with Gasteiger partial charge < -0.3 is 19.3 Å². The molecule has 0 aromatic heterocycles. The van der Waals surface area contributed by atoms with Crippen molar-refractivity contribution < 1.29 is 14.3 Å². The number of morpholine rings is 1. The fraction of sp³-hybridized carbons (Fsp3) is 0.947. The van der Waals surface area contributed by atoms with Crippen molar-refractivity contribution in [3.05, 3.63) is 0 Å². The molecule has 0 bridgehead atoms. The van der Waals surface area contributed by atoms with Gasteiger partial charge in [0, 0.05) is 32.7 Å². The van der Waals surface area contributed by atoms with Crippen molar-refractivity contribution in [3.8, 4) is 0 Å². The van der Waals surface area contributed by atoms with Crippen LogP contribution in [0.3, 0.4) is 0 Å². The largest absolute Gasteiger partial charge is 0.378 e. The Bertz CT molecular complexity index is 449. The zero-order valence-electron chi connectivity index (χ0n) is 15.4. The third kappa shape index (κ3) is 4.35. The molecule has 4 saturated heterocycles. The van der Waals surface area contributed by atoms with Crippen LogP contribution in [0.5, 0.6) is 0 Å². The summed E-state index contributed by atoms with van der Waals surface area (Å²) in [6.45, 7) is 9.81. The minimum atomic E-state index is -0.213. The average Bonchev–Trinajstić information content (AvgIpc) is 3.10. The SMILES string of the molecule is O=C([C@@H]1C[C@@H]2CCN(CCN3CCCCC3)C[C@@H]2O1)N1CCOCC1. The van der Waals surface area contributed by atoms with Crippen molar-refractivity contribution in [1.82, 2.24) is 14.7 Å². The Labute approximate surface area is 151 Å². The van der Waals surface area contributed by atoms with Gasteiger partial charge in [-0.15, -0.1) is 0 Å². The van der Waals surface area contributed by atoms with E-state index >= 15 is 0 Å². The van der Waals surface area contributed by atoms with Crippen molar-refractivity contribution in [2.45, 2.75) is 44.3 Å². The summed E-state index contributed by atoms with van der Waals surface area (Å²) in [6, 6.07) is 0. The molecule has 6 nitrogen and oxygen atoms in total. The average molecular weight is 351 g/mol. The van der Waals surface area contributed by atoms with E-state index < -0.39 is 0 Å². The van der Waals surface area contributed by atoms with Crippen LogP contribution < -0.4 is 0 Å². The Morgan fingerprint density at radius 3 is 2.48 bits per heavy atom. The third-order valence-electron chi connectivity index (χ3n) is 6.42. The van der Waals surface area contributed by atoms with Gasteiger partial charge in [-0.2, -0.15) is 0 Å². The van der Waals surface area contributed by atoms with Crippen LogP contribution in [0, 0.1) is 5.92 Å². The van der Waals surface area contributed by atoms with Gasteiger partial charge in [0.2, 0.25) is 0 Å². The summed E-state index contributed by atoms with van der Waals surface area (Å²) in [6.07, 6.45) is 6.26. The number of likely N-dealkylation sites (tertiary alicyclic amines) is 2. The second kappa shape index (κ2) is 8.33. The standard InChI is InChI=1S/C19H33N3O3/c23-19(22-10-12-24-13-11-22)17-14-16-4-7-21(15-18(16)25-17)9-8-20-5-2-1-3-6-20/h16-18H,1-15H2/t16-,17-,18-/m0/s1. The maximum atomic E-state index is 12.7. The van der Waals surface area contributed by atoms with Crippen molar-refractivity contribution in [2.24, 2.45) is 5.92 Å². The van der Waals surface area contributed by atoms with Gasteiger partial charge in [0.1, 0.15) is 6.10 Å². The smallest absolute Gasteiger partial charge is 0.251 e. The monoisotopic (exact) mass is 351 g/mol. The first-order valence-electron chi connectivity index (χ1n) is 10.3. The van der Waals surface area contributed by atoms with Crippen LogP contribution in [0.4, 0.5) is 0 Å². The molecule has 0 aromatic carbocycles. The second-order valence-electron chi connectivity index (χ2n) is 8.09. The quantitative estimate of drug-likeness (QED) is 0.750. The normalized spacial score (nSPS) is 34.9. The number of hydrogen-bond donors (Lipinski definition) is 0. The lowest BCUT2D eigenvalue weighted by molar-refractivity contribution is -0.147. The van der Waals surface area contributed by atoms with Gasteiger partial charge in [0.25, 0.3) is 5.91 Å².